The smallest absolute Gasteiger partial charge is 0.150 e. The van der Waals surface area contributed by atoms with Gasteiger partial charge in [-0.25, -0.2) is 0 Å². The van der Waals surface area contributed by atoms with Crippen molar-refractivity contribution in [2.24, 2.45) is 0 Å². The molecule has 0 spiro atoms. The predicted molar refractivity (Wildman–Crippen MR) is 112 cm³/mol. The molecule has 144 valence electrons. The first-order valence-corrected chi connectivity index (χ1v) is 9.19. The van der Waals surface area contributed by atoms with E-state index in [0.29, 0.717) is 0 Å². The zero-order valence-corrected chi connectivity index (χ0v) is 16.5. The maximum absolute atomic E-state index is 11.2. The van der Waals surface area contributed by atoms with Gasteiger partial charge < -0.3 is 14.4 Å². The van der Waals surface area contributed by atoms with Gasteiger partial charge in [-0.2, -0.15) is 0 Å². The highest BCUT2D eigenvalue weighted by Gasteiger charge is 2.11. The van der Waals surface area contributed by atoms with Gasteiger partial charge in [0.05, 0.1) is 14.2 Å². The minimum atomic E-state index is 0.720. The molecule has 0 aliphatic carbocycles. The van der Waals surface area contributed by atoms with Crippen molar-refractivity contribution in [3.05, 3.63) is 89.0 Å². The van der Waals surface area contributed by atoms with E-state index >= 15 is 0 Å². The Labute approximate surface area is 166 Å². The van der Waals surface area contributed by atoms with Gasteiger partial charge in [0, 0.05) is 24.3 Å². The number of hydrogen-bond acceptors (Lipinski definition) is 4. The quantitative estimate of drug-likeness (QED) is 0.518. The zero-order valence-electron chi connectivity index (χ0n) is 16.5. The van der Waals surface area contributed by atoms with Crippen molar-refractivity contribution in [2.45, 2.75) is 20.0 Å². The molecule has 0 bridgehead atoms. The van der Waals surface area contributed by atoms with E-state index in [1.54, 1.807) is 14.2 Å². The van der Waals surface area contributed by atoms with Crippen LogP contribution in [0.1, 0.15) is 27.0 Å². The van der Waals surface area contributed by atoms with Gasteiger partial charge in [-0.15, -0.1) is 0 Å². The number of aldehydes is 1. The van der Waals surface area contributed by atoms with E-state index in [0.717, 1.165) is 47.7 Å². The third-order valence-corrected chi connectivity index (χ3v) is 4.81. The van der Waals surface area contributed by atoms with Gasteiger partial charge in [-0.3, -0.25) is 4.79 Å². The molecule has 0 fully saturated rings. The van der Waals surface area contributed by atoms with Crippen LogP contribution < -0.4 is 14.4 Å². The number of carbonyl (C=O) groups excluding carboxylic acids is 1. The fraction of sp³-hybridized carbons (Fsp3) is 0.208. The summed E-state index contributed by atoms with van der Waals surface area (Å²) in [5.41, 5.74) is 5.15. The van der Waals surface area contributed by atoms with Crippen LogP contribution in [0.4, 0.5) is 5.69 Å². The molecule has 3 rings (SSSR count). The van der Waals surface area contributed by atoms with E-state index in [9.17, 15) is 4.79 Å². The predicted octanol–water partition coefficient (Wildman–Crippen LogP) is 5.03. The average Bonchev–Trinajstić information content (AvgIpc) is 2.74. The second-order valence-electron chi connectivity index (χ2n) is 6.71. The number of carbonyl (C=O) groups is 1. The largest absolute Gasteiger partial charge is 0.497 e. The standard InChI is InChI=1S/C24H25NO3/c1-18-14-22(9-8-21(18)17-26)25(15-19-4-10-23(27-2)11-5-19)16-20-6-12-24(28-3)13-7-20/h4-14,17H,15-16H2,1-3H3. The van der Waals surface area contributed by atoms with E-state index in [1.807, 2.05) is 43.3 Å². The number of aryl methyl sites for hydroxylation is 1. The van der Waals surface area contributed by atoms with Crippen molar-refractivity contribution in [2.75, 3.05) is 19.1 Å². The van der Waals surface area contributed by atoms with Gasteiger partial charge in [0.2, 0.25) is 0 Å². The summed E-state index contributed by atoms with van der Waals surface area (Å²) in [5, 5.41) is 0. The number of nitrogens with zero attached hydrogens (tertiary/aromatic N) is 1. The van der Waals surface area contributed by atoms with Crippen molar-refractivity contribution in [1.82, 2.24) is 0 Å². The minimum absolute atomic E-state index is 0.720. The van der Waals surface area contributed by atoms with Gasteiger partial charge in [0.1, 0.15) is 17.8 Å². The molecule has 0 aliphatic rings. The molecule has 4 heteroatoms. The second-order valence-corrected chi connectivity index (χ2v) is 6.71. The second kappa shape index (κ2) is 9.09. The normalized spacial score (nSPS) is 10.4. The Morgan fingerprint density at radius 1 is 0.786 bits per heavy atom. The average molecular weight is 375 g/mol. The van der Waals surface area contributed by atoms with Crippen LogP contribution in [0, 0.1) is 6.92 Å². The summed E-state index contributed by atoms with van der Waals surface area (Å²) in [6.07, 6.45) is 0.899. The molecular formula is C24H25NO3. The van der Waals surface area contributed by atoms with Gasteiger partial charge in [0.15, 0.2) is 0 Å². The van der Waals surface area contributed by atoms with Crippen LogP contribution in [0.3, 0.4) is 0 Å². The minimum Gasteiger partial charge on any atom is -0.497 e. The summed E-state index contributed by atoms with van der Waals surface area (Å²) >= 11 is 0. The molecule has 0 saturated carbocycles. The Balaban J connectivity index is 1.89. The topological polar surface area (TPSA) is 38.8 Å². The Morgan fingerprint density at radius 3 is 1.68 bits per heavy atom. The van der Waals surface area contributed by atoms with Crippen LogP contribution >= 0.6 is 0 Å². The summed E-state index contributed by atoms with van der Waals surface area (Å²) in [5.74, 6) is 1.69. The molecule has 0 aromatic heterocycles. The first-order valence-electron chi connectivity index (χ1n) is 9.19. The fourth-order valence-corrected chi connectivity index (χ4v) is 3.13. The molecule has 0 amide bonds. The number of anilines is 1. The summed E-state index contributed by atoms with van der Waals surface area (Å²) in [6, 6.07) is 22.2. The molecule has 0 heterocycles. The third kappa shape index (κ3) is 4.71. The number of hydrogen-bond donors (Lipinski definition) is 0. The molecule has 0 radical (unpaired) electrons. The van der Waals surface area contributed by atoms with Crippen molar-refractivity contribution < 1.29 is 14.3 Å². The third-order valence-electron chi connectivity index (χ3n) is 4.81. The number of benzene rings is 3. The monoisotopic (exact) mass is 375 g/mol. The van der Waals surface area contributed by atoms with Gasteiger partial charge in [0.25, 0.3) is 0 Å². The van der Waals surface area contributed by atoms with Crippen LogP contribution in [-0.4, -0.2) is 20.5 Å². The molecule has 0 saturated heterocycles. The lowest BCUT2D eigenvalue weighted by atomic mass is 10.1. The number of rotatable bonds is 8. The van der Waals surface area contributed by atoms with E-state index in [2.05, 4.69) is 35.2 Å². The van der Waals surface area contributed by atoms with E-state index in [-0.39, 0.29) is 0 Å². The number of methoxy groups -OCH3 is 2. The highest BCUT2D eigenvalue weighted by Crippen LogP contribution is 2.24. The Bertz CT molecular complexity index is 868. The van der Waals surface area contributed by atoms with Crippen LogP contribution in [0.5, 0.6) is 11.5 Å². The molecule has 0 unspecified atom stereocenters. The van der Waals surface area contributed by atoms with Gasteiger partial charge in [-0.1, -0.05) is 24.3 Å². The first-order chi connectivity index (χ1) is 13.6. The highest BCUT2D eigenvalue weighted by atomic mass is 16.5. The van der Waals surface area contributed by atoms with Gasteiger partial charge >= 0.3 is 0 Å². The van der Waals surface area contributed by atoms with Crippen molar-refractivity contribution >= 4 is 12.0 Å². The molecule has 0 N–H and O–H groups in total. The maximum Gasteiger partial charge on any atom is 0.150 e. The van der Waals surface area contributed by atoms with E-state index in [1.165, 1.54) is 11.1 Å². The van der Waals surface area contributed by atoms with Crippen LogP contribution in [0.2, 0.25) is 0 Å². The molecular weight excluding hydrogens is 350 g/mol. The Morgan fingerprint density at radius 2 is 1.29 bits per heavy atom. The number of ether oxygens (including phenoxy) is 2. The zero-order chi connectivity index (χ0) is 19.9. The van der Waals surface area contributed by atoms with Crippen LogP contribution in [0.15, 0.2) is 66.7 Å². The van der Waals surface area contributed by atoms with E-state index in [4.69, 9.17) is 9.47 Å². The molecule has 3 aromatic carbocycles. The summed E-state index contributed by atoms with van der Waals surface area (Å²) < 4.78 is 10.5. The van der Waals surface area contributed by atoms with Crippen molar-refractivity contribution in [3.63, 3.8) is 0 Å². The fourth-order valence-electron chi connectivity index (χ4n) is 3.13. The molecule has 28 heavy (non-hydrogen) atoms. The van der Waals surface area contributed by atoms with Crippen LogP contribution in [0.25, 0.3) is 0 Å². The summed E-state index contributed by atoms with van der Waals surface area (Å²) in [4.78, 5) is 13.5. The summed E-state index contributed by atoms with van der Waals surface area (Å²) in [6.45, 7) is 3.46. The lowest BCUT2D eigenvalue weighted by Crippen LogP contribution is -2.22. The lowest BCUT2D eigenvalue weighted by molar-refractivity contribution is 0.112. The lowest BCUT2D eigenvalue weighted by Gasteiger charge is -2.26. The first kappa shape index (κ1) is 19.5. The summed E-state index contributed by atoms with van der Waals surface area (Å²) in [7, 11) is 3.34. The molecule has 4 nitrogen and oxygen atoms in total. The maximum atomic E-state index is 11.2. The van der Waals surface area contributed by atoms with Crippen molar-refractivity contribution in [3.8, 4) is 11.5 Å². The molecule has 3 aromatic rings. The van der Waals surface area contributed by atoms with Gasteiger partial charge in [-0.05, 0) is 66.1 Å². The Kier molecular flexibility index (Phi) is 6.33. The molecule has 0 aliphatic heterocycles. The van der Waals surface area contributed by atoms with E-state index < -0.39 is 0 Å². The van der Waals surface area contributed by atoms with Crippen LogP contribution in [-0.2, 0) is 13.1 Å². The Hall–Kier alpha value is -3.27. The highest BCUT2D eigenvalue weighted by molar-refractivity contribution is 5.78. The SMILES string of the molecule is COc1ccc(CN(Cc2ccc(OC)cc2)c2ccc(C=O)c(C)c2)cc1. The van der Waals surface area contributed by atoms with Crippen molar-refractivity contribution in [1.29, 1.82) is 0 Å². The molecule has 0 atom stereocenters.